The molecule has 0 fully saturated rings. The molecule has 22 heavy (non-hydrogen) atoms. The Labute approximate surface area is 124 Å². The minimum Gasteiger partial charge on any atom is -0.424 e. The molecule has 0 aliphatic carbocycles. The van der Waals surface area contributed by atoms with E-state index in [4.69, 9.17) is 0 Å². The van der Waals surface area contributed by atoms with Crippen molar-refractivity contribution in [2.24, 2.45) is 7.05 Å². The molecule has 112 valence electrons. The Bertz CT molecular complexity index is 946. The van der Waals surface area contributed by atoms with Gasteiger partial charge in [-0.2, -0.15) is 0 Å². The molecule has 2 aromatic heterocycles. The highest BCUT2D eigenvalue weighted by molar-refractivity contribution is 5.82. The van der Waals surface area contributed by atoms with E-state index in [0.29, 0.717) is 6.54 Å². The van der Waals surface area contributed by atoms with Crippen molar-refractivity contribution in [3.8, 4) is 0 Å². The maximum absolute atomic E-state index is 11.7. The molecule has 2 heterocycles. The summed E-state index contributed by atoms with van der Waals surface area (Å²) in [7, 11) is 1.42. The SMILES string of the molecule is Cn1c(=O)c(=O)n(O)c2c(NCc3ccccc3)ncnc21. The van der Waals surface area contributed by atoms with E-state index < -0.39 is 11.1 Å². The van der Waals surface area contributed by atoms with Crippen LogP contribution in [0.4, 0.5) is 5.82 Å². The van der Waals surface area contributed by atoms with Gasteiger partial charge in [0.25, 0.3) is 0 Å². The summed E-state index contributed by atoms with van der Waals surface area (Å²) < 4.78 is 1.37. The first-order chi connectivity index (χ1) is 10.6. The highest BCUT2D eigenvalue weighted by Crippen LogP contribution is 2.16. The molecule has 0 aliphatic heterocycles. The van der Waals surface area contributed by atoms with Gasteiger partial charge in [-0.15, -0.1) is 4.73 Å². The van der Waals surface area contributed by atoms with Gasteiger partial charge in [0.05, 0.1) is 0 Å². The van der Waals surface area contributed by atoms with E-state index >= 15 is 0 Å². The number of aromatic nitrogens is 4. The van der Waals surface area contributed by atoms with Gasteiger partial charge in [-0.1, -0.05) is 30.3 Å². The smallest absolute Gasteiger partial charge is 0.349 e. The number of aryl methyl sites for hydroxylation is 1. The molecule has 0 aliphatic rings. The molecule has 0 radical (unpaired) electrons. The van der Waals surface area contributed by atoms with Crippen molar-refractivity contribution in [1.82, 2.24) is 19.3 Å². The van der Waals surface area contributed by atoms with Crippen molar-refractivity contribution < 1.29 is 5.21 Å². The van der Waals surface area contributed by atoms with Crippen LogP contribution in [-0.4, -0.2) is 24.5 Å². The summed E-state index contributed by atoms with van der Waals surface area (Å²) in [6, 6.07) is 9.57. The van der Waals surface area contributed by atoms with Crippen LogP contribution in [0.3, 0.4) is 0 Å². The van der Waals surface area contributed by atoms with Crippen molar-refractivity contribution in [3.63, 3.8) is 0 Å². The number of fused-ring (bicyclic) bond motifs is 1. The number of rotatable bonds is 3. The number of nitrogens with one attached hydrogen (secondary N) is 1. The van der Waals surface area contributed by atoms with Gasteiger partial charge in [0, 0.05) is 13.6 Å². The molecular formula is C14H13N5O3. The Morgan fingerprint density at radius 2 is 1.86 bits per heavy atom. The van der Waals surface area contributed by atoms with E-state index in [2.05, 4.69) is 15.3 Å². The van der Waals surface area contributed by atoms with E-state index in [-0.39, 0.29) is 21.7 Å². The third-order valence-electron chi connectivity index (χ3n) is 3.32. The molecule has 0 spiro atoms. The zero-order valence-corrected chi connectivity index (χ0v) is 11.7. The summed E-state index contributed by atoms with van der Waals surface area (Å²) >= 11 is 0. The first-order valence-corrected chi connectivity index (χ1v) is 6.53. The average molecular weight is 299 g/mol. The summed E-state index contributed by atoms with van der Waals surface area (Å²) in [4.78, 5) is 31.4. The summed E-state index contributed by atoms with van der Waals surface area (Å²) in [5.74, 6) is 0.268. The van der Waals surface area contributed by atoms with Crippen LogP contribution in [0.2, 0.25) is 0 Å². The van der Waals surface area contributed by atoms with E-state index in [1.54, 1.807) is 0 Å². The van der Waals surface area contributed by atoms with E-state index in [1.165, 1.54) is 13.4 Å². The summed E-state index contributed by atoms with van der Waals surface area (Å²) in [5.41, 5.74) is -0.676. The van der Waals surface area contributed by atoms with Gasteiger partial charge < -0.3 is 10.5 Å². The Morgan fingerprint density at radius 3 is 2.59 bits per heavy atom. The summed E-state index contributed by atoms with van der Waals surface area (Å²) in [5, 5.41) is 12.9. The van der Waals surface area contributed by atoms with Crippen LogP contribution < -0.4 is 16.4 Å². The lowest BCUT2D eigenvalue weighted by Gasteiger charge is -2.11. The predicted molar refractivity (Wildman–Crippen MR) is 80.0 cm³/mol. The Morgan fingerprint density at radius 1 is 1.14 bits per heavy atom. The number of anilines is 1. The third-order valence-corrected chi connectivity index (χ3v) is 3.32. The lowest BCUT2D eigenvalue weighted by atomic mass is 10.2. The fourth-order valence-electron chi connectivity index (χ4n) is 2.15. The van der Waals surface area contributed by atoms with Crippen LogP contribution in [0.25, 0.3) is 11.2 Å². The highest BCUT2D eigenvalue weighted by atomic mass is 16.5. The molecular weight excluding hydrogens is 286 g/mol. The van der Waals surface area contributed by atoms with Gasteiger partial charge in [0.15, 0.2) is 17.0 Å². The second kappa shape index (κ2) is 5.32. The van der Waals surface area contributed by atoms with Crippen molar-refractivity contribution in [3.05, 3.63) is 62.9 Å². The van der Waals surface area contributed by atoms with Gasteiger partial charge in [-0.25, -0.2) is 9.97 Å². The molecule has 8 nitrogen and oxygen atoms in total. The Hall–Kier alpha value is -3.16. The normalized spacial score (nSPS) is 10.8. The van der Waals surface area contributed by atoms with E-state index in [0.717, 1.165) is 10.1 Å². The Balaban J connectivity index is 2.11. The van der Waals surface area contributed by atoms with Crippen LogP contribution in [0.15, 0.2) is 46.2 Å². The lowest BCUT2D eigenvalue weighted by molar-refractivity contribution is 0.185. The molecule has 3 rings (SSSR count). The maximum atomic E-state index is 11.7. The second-order valence-electron chi connectivity index (χ2n) is 4.71. The molecule has 0 saturated heterocycles. The van der Waals surface area contributed by atoms with Gasteiger partial charge in [0.1, 0.15) is 6.33 Å². The third kappa shape index (κ3) is 2.20. The van der Waals surface area contributed by atoms with Crippen LogP contribution in [0.5, 0.6) is 0 Å². The molecule has 0 unspecified atom stereocenters. The first-order valence-electron chi connectivity index (χ1n) is 6.53. The number of hydrogen-bond donors (Lipinski definition) is 2. The summed E-state index contributed by atoms with van der Waals surface area (Å²) in [6.07, 6.45) is 1.26. The highest BCUT2D eigenvalue weighted by Gasteiger charge is 2.15. The van der Waals surface area contributed by atoms with Crippen LogP contribution in [0, 0.1) is 0 Å². The molecule has 8 heteroatoms. The first kappa shape index (κ1) is 13.8. The molecule has 0 amide bonds. The van der Waals surface area contributed by atoms with Crippen LogP contribution in [-0.2, 0) is 13.6 Å². The van der Waals surface area contributed by atoms with Gasteiger partial charge >= 0.3 is 11.1 Å². The predicted octanol–water partition coefficient (Wildman–Crippen LogP) is 0.340. The van der Waals surface area contributed by atoms with Crippen LogP contribution >= 0.6 is 0 Å². The minimum atomic E-state index is -1.05. The van der Waals surface area contributed by atoms with Crippen molar-refractivity contribution in [1.29, 1.82) is 0 Å². The monoisotopic (exact) mass is 299 g/mol. The quantitative estimate of drug-likeness (QED) is 0.534. The zero-order chi connectivity index (χ0) is 15.7. The maximum Gasteiger partial charge on any atom is 0.349 e. The van der Waals surface area contributed by atoms with Gasteiger partial charge in [-0.05, 0) is 5.56 Å². The van der Waals surface area contributed by atoms with Crippen LogP contribution in [0.1, 0.15) is 5.56 Å². The van der Waals surface area contributed by atoms with E-state index in [1.807, 2.05) is 30.3 Å². The van der Waals surface area contributed by atoms with E-state index in [9.17, 15) is 14.8 Å². The number of hydrogen-bond acceptors (Lipinski definition) is 6. The Kier molecular flexibility index (Phi) is 3.34. The molecule has 3 aromatic rings. The number of nitrogens with zero attached hydrogens (tertiary/aromatic N) is 4. The summed E-state index contributed by atoms with van der Waals surface area (Å²) in [6.45, 7) is 0.448. The van der Waals surface area contributed by atoms with Gasteiger partial charge in [-0.3, -0.25) is 14.2 Å². The fraction of sp³-hybridized carbons (Fsp3) is 0.143. The van der Waals surface area contributed by atoms with Crippen molar-refractivity contribution in [2.45, 2.75) is 6.54 Å². The molecule has 2 N–H and O–H groups in total. The average Bonchev–Trinajstić information content (AvgIpc) is 2.56. The molecule has 0 atom stereocenters. The molecule has 1 aromatic carbocycles. The van der Waals surface area contributed by atoms with Crippen molar-refractivity contribution in [2.75, 3.05) is 5.32 Å². The molecule has 0 bridgehead atoms. The van der Waals surface area contributed by atoms with Crippen molar-refractivity contribution >= 4 is 17.0 Å². The second-order valence-corrected chi connectivity index (χ2v) is 4.71. The fourth-order valence-corrected chi connectivity index (χ4v) is 2.15. The standard InChI is InChI=1S/C14H13N5O3/c1-18-12-10(19(22)14(21)13(18)20)11(16-8-17-12)15-7-9-5-3-2-4-6-9/h2-6,8,22H,7H2,1H3,(H,15,16,17). The zero-order valence-electron chi connectivity index (χ0n) is 11.7. The molecule has 0 saturated carbocycles. The topological polar surface area (TPSA) is 102 Å². The number of benzene rings is 1. The minimum absolute atomic E-state index is 0.0607. The lowest BCUT2D eigenvalue weighted by Crippen LogP contribution is -2.40. The van der Waals surface area contributed by atoms with Gasteiger partial charge in [0.2, 0.25) is 0 Å². The largest absolute Gasteiger partial charge is 0.424 e.